The number of phenols is 1. The molecule has 5 nitrogen and oxygen atoms in total. The summed E-state index contributed by atoms with van der Waals surface area (Å²) in [5, 5.41) is 25.1. The van der Waals surface area contributed by atoms with Crippen LogP contribution < -0.4 is 0 Å². The van der Waals surface area contributed by atoms with E-state index in [4.69, 9.17) is 15.3 Å². The zero-order valence-corrected chi connectivity index (χ0v) is 8.46. The molecule has 0 unspecified atom stereocenters. The van der Waals surface area contributed by atoms with Crippen LogP contribution in [0.4, 0.5) is 0 Å². The zero-order chi connectivity index (χ0) is 12.6. The Hall–Kier alpha value is -2.30. The van der Waals surface area contributed by atoms with Crippen LogP contribution in [0.2, 0.25) is 0 Å². The van der Waals surface area contributed by atoms with E-state index in [0.29, 0.717) is 0 Å². The number of aliphatic carboxylic acids is 1. The molecule has 1 rings (SSSR count). The average molecular weight is 224 g/mol. The molecule has 0 saturated carbocycles. The van der Waals surface area contributed by atoms with Gasteiger partial charge in [-0.15, -0.1) is 6.58 Å². The highest BCUT2D eigenvalue weighted by Crippen LogP contribution is 2.14. The molecule has 0 aromatic heterocycles. The molecule has 0 aliphatic rings. The van der Waals surface area contributed by atoms with Gasteiger partial charge in [-0.1, -0.05) is 18.2 Å². The summed E-state index contributed by atoms with van der Waals surface area (Å²) in [4.78, 5) is 19.8. The first-order chi connectivity index (χ1) is 7.49. The van der Waals surface area contributed by atoms with Crippen molar-refractivity contribution in [1.29, 1.82) is 0 Å². The third kappa shape index (κ3) is 5.43. The van der Waals surface area contributed by atoms with Crippen LogP contribution in [-0.2, 0) is 4.79 Å². The van der Waals surface area contributed by atoms with Crippen LogP contribution in [0.25, 0.3) is 0 Å². The predicted molar refractivity (Wildman–Crippen MR) is 57.5 cm³/mol. The van der Waals surface area contributed by atoms with Crippen molar-refractivity contribution in [3.63, 3.8) is 0 Å². The molecular formula is C11H12O5. The quantitative estimate of drug-likeness (QED) is 0.679. The minimum Gasteiger partial charge on any atom is -0.507 e. The highest BCUT2D eigenvalue weighted by molar-refractivity contribution is 5.90. The van der Waals surface area contributed by atoms with Gasteiger partial charge in [-0.3, -0.25) is 4.79 Å². The fourth-order valence-corrected chi connectivity index (χ4v) is 0.778. The summed E-state index contributed by atoms with van der Waals surface area (Å²) >= 11 is 0. The van der Waals surface area contributed by atoms with Gasteiger partial charge in [0.05, 0.1) is 6.42 Å². The van der Waals surface area contributed by atoms with E-state index < -0.39 is 11.9 Å². The molecule has 0 amide bonds. The van der Waals surface area contributed by atoms with E-state index in [1.807, 2.05) is 0 Å². The highest BCUT2D eigenvalue weighted by atomic mass is 16.4. The van der Waals surface area contributed by atoms with E-state index >= 15 is 0 Å². The maximum atomic E-state index is 10.3. The Morgan fingerprint density at radius 1 is 1.25 bits per heavy atom. The molecule has 86 valence electrons. The maximum absolute atomic E-state index is 10.3. The molecule has 0 radical (unpaired) electrons. The Kier molecular flexibility index (Phi) is 6.04. The lowest BCUT2D eigenvalue weighted by molar-refractivity contribution is -0.135. The normalized spacial score (nSPS) is 8.50. The number of carboxylic acids is 2. The number of benzene rings is 1. The number of carboxylic acid groups (broad SMARTS) is 2. The van der Waals surface area contributed by atoms with Crippen molar-refractivity contribution in [1.82, 2.24) is 0 Å². The summed E-state index contributed by atoms with van der Waals surface area (Å²) in [7, 11) is 0. The highest BCUT2D eigenvalue weighted by Gasteiger charge is 2.05. The standard InChI is InChI=1S/C7H6O3.C4H6O2/c8-6-4-2-1-3-5(6)7(9)10;1-2-3-4(5)6/h1-4,8H,(H,9,10);2H,1,3H2,(H,5,6). The van der Waals surface area contributed by atoms with Gasteiger partial charge in [0.2, 0.25) is 0 Å². The summed E-state index contributed by atoms with van der Waals surface area (Å²) < 4.78 is 0. The molecule has 0 heterocycles. The van der Waals surface area contributed by atoms with Gasteiger partial charge in [-0.2, -0.15) is 0 Å². The van der Waals surface area contributed by atoms with E-state index in [1.165, 1.54) is 18.2 Å². The monoisotopic (exact) mass is 224 g/mol. The van der Waals surface area contributed by atoms with E-state index in [9.17, 15) is 9.59 Å². The Labute approximate surface area is 92.3 Å². The van der Waals surface area contributed by atoms with Crippen molar-refractivity contribution in [2.75, 3.05) is 0 Å². The largest absolute Gasteiger partial charge is 0.507 e. The number of aromatic hydroxyl groups is 1. The lowest BCUT2D eigenvalue weighted by Gasteiger charge is -1.95. The van der Waals surface area contributed by atoms with Crippen LogP contribution in [0.1, 0.15) is 16.8 Å². The first kappa shape index (κ1) is 13.7. The van der Waals surface area contributed by atoms with Gasteiger partial charge in [-0.25, -0.2) is 4.79 Å². The Bertz CT molecular complexity index is 384. The first-order valence-electron chi connectivity index (χ1n) is 4.33. The molecule has 1 aromatic rings. The SMILES string of the molecule is C=CCC(=O)O.O=C(O)c1ccccc1O. The fourth-order valence-electron chi connectivity index (χ4n) is 0.778. The van der Waals surface area contributed by atoms with E-state index in [1.54, 1.807) is 12.1 Å². The molecular weight excluding hydrogens is 212 g/mol. The van der Waals surface area contributed by atoms with Crippen molar-refractivity contribution < 1.29 is 24.9 Å². The second-order valence-corrected chi connectivity index (χ2v) is 2.71. The molecule has 0 aliphatic carbocycles. The number of hydrogen-bond acceptors (Lipinski definition) is 3. The summed E-state index contributed by atoms with van der Waals surface area (Å²) in [5.41, 5.74) is -0.0671. The smallest absolute Gasteiger partial charge is 0.339 e. The van der Waals surface area contributed by atoms with E-state index in [-0.39, 0.29) is 17.7 Å². The van der Waals surface area contributed by atoms with Crippen LogP contribution in [0.3, 0.4) is 0 Å². The second kappa shape index (κ2) is 7.05. The average Bonchev–Trinajstić information content (AvgIpc) is 2.18. The van der Waals surface area contributed by atoms with Gasteiger partial charge >= 0.3 is 11.9 Å². The van der Waals surface area contributed by atoms with Gasteiger partial charge in [0.25, 0.3) is 0 Å². The van der Waals surface area contributed by atoms with Gasteiger partial charge in [-0.05, 0) is 12.1 Å². The van der Waals surface area contributed by atoms with Gasteiger partial charge in [0.1, 0.15) is 11.3 Å². The van der Waals surface area contributed by atoms with Crippen molar-refractivity contribution in [2.45, 2.75) is 6.42 Å². The number of rotatable bonds is 3. The van der Waals surface area contributed by atoms with Crippen LogP contribution in [-0.4, -0.2) is 27.3 Å². The number of carbonyl (C=O) groups is 2. The molecule has 16 heavy (non-hydrogen) atoms. The summed E-state index contributed by atoms with van der Waals surface area (Å²) in [6.45, 7) is 3.22. The lowest BCUT2D eigenvalue weighted by Crippen LogP contribution is -1.95. The van der Waals surface area contributed by atoms with Crippen molar-refractivity contribution in [3.05, 3.63) is 42.5 Å². The van der Waals surface area contributed by atoms with Crippen LogP contribution in [0.15, 0.2) is 36.9 Å². The van der Waals surface area contributed by atoms with Crippen molar-refractivity contribution in [2.24, 2.45) is 0 Å². The van der Waals surface area contributed by atoms with Crippen LogP contribution in [0, 0.1) is 0 Å². The number of aromatic carboxylic acids is 1. The molecule has 3 N–H and O–H groups in total. The van der Waals surface area contributed by atoms with Gasteiger partial charge in [0, 0.05) is 0 Å². The van der Waals surface area contributed by atoms with Gasteiger partial charge in [0.15, 0.2) is 0 Å². The van der Waals surface area contributed by atoms with Crippen molar-refractivity contribution >= 4 is 11.9 Å². The third-order valence-electron chi connectivity index (χ3n) is 1.45. The zero-order valence-electron chi connectivity index (χ0n) is 8.46. The Balaban J connectivity index is 0.000000325. The molecule has 0 bridgehead atoms. The minimum absolute atomic E-state index is 0.0556. The Morgan fingerprint density at radius 3 is 2.06 bits per heavy atom. The molecule has 0 fully saturated rings. The summed E-state index contributed by atoms with van der Waals surface area (Å²) in [6.07, 6.45) is 1.41. The maximum Gasteiger partial charge on any atom is 0.339 e. The molecule has 0 spiro atoms. The summed E-state index contributed by atoms with van der Waals surface area (Å²) in [6, 6.07) is 5.81. The molecule has 0 aliphatic heterocycles. The van der Waals surface area contributed by atoms with E-state index in [2.05, 4.69) is 6.58 Å². The number of para-hydroxylation sites is 1. The molecule has 0 atom stereocenters. The van der Waals surface area contributed by atoms with Gasteiger partial charge < -0.3 is 15.3 Å². The van der Waals surface area contributed by atoms with Crippen LogP contribution >= 0.6 is 0 Å². The minimum atomic E-state index is -1.11. The second-order valence-electron chi connectivity index (χ2n) is 2.71. The Morgan fingerprint density at radius 2 is 1.81 bits per heavy atom. The summed E-state index contributed by atoms with van der Waals surface area (Å²) in [5.74, 6) is -2.14. The van der Waals surface area contributed by atoms with Crippen LogP contribution in [0.5, 0.6) is 5.75 Å². The van der Waals surface area contributed by atoms with Crippen molar-refractivity contribution in [3.8, 4) is 5.75 Å². The fraction of sp³-hybridized carbons (Fsp3) is 0.0909. The predicted octanol–water partition coefficient (Wildman–Crippen LogP) is 1.74. The third-order valence-corrected chi connectivity index (χ3v) is 1.45. The van der Waals surface area contributed by atoms with E-state index in [0.717, 1.165) is 0 Å². The lowest BCUT2D eigenvalue weighted by atomic mass is 10.2. The molecule has 0 saturated heterocycles. The molecule has 5 heteroatoms. The molecule has 1 aromatic carbocycles. The first-order valence-corrected chi connectivity index (χ1v) is 4.33. The topological polar surface area (TPSA) is 94.8 Å². The number of hydrogen-bond donors (Lipinski definition) is 3.